The van der Waals surface area contributed by atoms with Crippen LogP contribution in [-0.4, -0.2) is 43.2 Å². The Morgan fingerprint density at radius 2 is 1.79 bits per heavy atom. The molecule has 150 valence electrons. The molecule has 0 aliphatic rings. The average Bonchev–Trinajstić information content (AvgIpc) is 2.69. The minimum Gasteiger partial charge on any atom is -0.325 e. The number of carbonyl (C=O) groups is 1. The fraction of sp³-hybridized carbons (Fsp3) is 0.286. The number of carbonyl (C=O) groups excluding carboxylic acids is 1. The summed E-state index contributed by atoms with van der Waals surface area (Å²) in [4.78, 5) is 12.3. The number of rotatable bonds is 10. The Kier molecular flexibility index (Phi) is 8.76. The Hall–Kier alpha value is -2.09. The van der Waals surface area contributed by atoms with E-state index in [-0.39, 0.29) is 10.8 Å². The van der Waals surface area contributed by atoms with Gasteiger partial charge in [-0.3, -0.25) is 4.79 Å². The molecule has 28 heavy (non-hydrogen) atoms. The van der Waals surface area contributed by atoms with Gasteiger partial charge in [0.05, 0.1) is 10.6 Å². The van der Waals surface area contributed by atoms with Crippen LogP contribution in [0.15, 0.2) is 65.6 Å². The number of sulfonamides is 1. The highest BCUT2D eigenvalue weighted by molar-refractivity contribution is 8.00. The van der Waals surface area contributed by atoms with Crippen molar-refractivity contribution in [3.8, 4) is 0 Å². The van der Waals surface area contributed by atoms with E-state index in [9.17, 15) is 13.2 Å². The molecule has 0 fully saturated rings. The Labute approximate surface area is 171 Å². The molecule has 0 radical (unpaired) electrons. The zero-order valence-corrected chi connectivity index (χ0v) is 17.8. The first-order chi connectivity index (χ1) is 13.5. The van der Waals surface area contributed by atoms with Gasteiger partial charge < -0.3 is 5.32 Å². The SMILES string of the molecule is CCN(CC)S(=O)(=O)c1cccc(NC(=O)CSC/C=C/c2ccccc2)c1. The number of hydrogen-bond acceptors (Lipinski definition) is 4. The van der Waals surface area contributed by atoms with Gasteiger partial charge in [-0.25, -0.2) is 8.42 Å². The van der Waals surface area contributed by atoms with Crippen molar-refractivity contribution < 1.29 is 13.2 Å². The zero-order chi connectivity index (χ0) is 20.4. The van der Waals surface area contributed by atoms with E-state index in [4.69, 9.17) is 0 Å². The second kappa shape index (κ2) is 11.0. The van der Waals surface area contributed by atoms with Crippen LogP contribution in [0, 0.1) is 0 Å². The summed E-state index contributed by atoms with van der Waals surface area (Å²) < 4.78 is 26.6. The molecule has 1 amide bonds. The van der Waals surface area contributed by atoms with E-state index in [0.717, 1.165) is 11.3 Å². The summed E-state index contributed by atoms with van der Waals surface area (Å²) in [7, 11) is -3.54. The Morgan fingerprint density at radius 3 is 2.46 bits per heavy atom. The highest BCUT2D eigenvalue weighted by Crippen LogP contribution is 2.19. The summed E-state index contributed by atoms with van der Waals surface area (Å²) >= 11 is 1.50. The standard InChI is InChI=1S/C21H26N2O3S2/c1-3-23(4-2)28(25,26)20-14-8-13-19(16-20)22-21(24)17-27-15-9-12-18-10-6-5-7-11-18/h5-14,16H,3-4,15,17H2,1-2H3,(H,22,24)/b12-9+. The predicted octanol–water partition coefficient (Wildman–Crippen LogP) is 4.10. The van der Waals surface area contributed by atoms with Crippen molar-refractivity contribution in [2.24, 2.45) is 0 Å². The van der Waals surface area contributed by atoms with Gasteiger partial charge in [-0.05, 0) is 23.8 Å². The van der Waals surface area contributed by atoms with Crippen molar-refractivity contribution in [1.29, 1.82) is 0 Å². The molecule has 0 bridgehead atoms. The molecule has 1 N–H and O–H groups in total. The van der Waals surface area contributed by atoms with Crippen LogP contribution in [0.4, 0.5) is 5.69 Å². The van der Waals surface area contributed by atoms with Crippen molar-refractivity contribution in [3.63, 3.8) is 0 Å². The molecule has 2 aromatic carbocycles. The zero-order valence-electron chi connectivity index (χ0n) is 16.2. The molecule has 5 nitrogen and oxygen atoms in total. The molecule has 0 spiro atoms. The highest BCUT2D eigenvalue weighted by Gasteiger charge is 2.21. The van der Waals surface area contributed by atoms with Crippen molar-refractivity contribution in [2.75, 3.05) is 29.9 Å². The number of amides is 1. The maximum absolute atomic E-state index is 12.6. The van der Waals surface area contributed by atoms with Crippen LogP contribution in [0.5, 0.6) is 0 Å². The molecule has 2 aromatic rings. The molecule has 0 aromatic heterocycles. The van der Waals surface area contributed by atoms with Crippen LogP contribution < -0.4 is 5.32 Å². The molecular weight excluding hydrogens is 392 g/mol. The van der Waals surface area contributed by atoms with Crippen LogP contribution in [0.25, 0.3) is 6.08 Å². The van der Waals surface area contributed by atoms with Crippen LogP contribution in [0.1, 0.15) is 19.4 Å². The Bertz CT molecular complexity index is 893. The third-order valence-corrected chi connectivity index (χ3v) is 6.96. The number of thioether (sulfide) groups is 1. The number of benzene rings is 2. The molecule has 0 saturated heterocycles. The van der Waals surface area contributed by atoms with E-state index < -0.39 is 10.0 Å². The molecule has 0 atom stereocenters. The normalized spacial score (nSPS) is 11.8. The van der Waals surface area contributed by atoms with Gasteiger partial charge in [0.25, 0.3) is 0 Å². The first kappa shape index (κ1) is 22.2. The lowest BCUT2D eigenvalue weighted by atomic mass is 10.2. The van der Waals surface area contributed by atoms with E-state index in [1.54, 1.807) is 32.0 Å². The van der Waals surface area contributed by atoms with E-state index in [0.29, 0.717) is 24.5 Å². The average molecular weight is 419 g/mol. The monoisotopic (exact) mass is 418 g/mol. The molecule has 0 saturated carbocycles. The van der Waals surface area contributed by atoms with E-state index in [2.05, 4.69) is 5.32 Å². The summed E-state index contributed by atoms with van der Waals surface area (Å²) in [5.41, 5.74) is 1.61. The third-order valence-electron chi connectivity index (χ3n) is 4.02. The van der Waals surface area contributed by atoms with E-state index >= 15 is 0 Å². The Balaban J connectivity index is 1.88. The summed E-state index contributed by atoms with van der Waals surface area (Å²) in [5.74, 6) is 0.862. The molecule has 0 aliphatic carbocycles. The van der Waals surface area contributed by atoms with Gasteiger partial charge in [0.1, 0.15) is 0 Å². The Morgan fingerprint density at radius 1 is 1.07 bits per heavy atom. The number of anilines is 1. The first-order valence-electron chi connectivity index (χ1n) is 9.16. The van der Waals surface area contributed by atoms with Gasteiger partial charge in [0, 0.05) is 24.5 Å². The second-order valence-corrected chi connectivity index (χ2v) is 8.96. The van der Waals surface area contributed by atoms with Gasteiger partial charge in [-0.15, -0.1) is 11.8 Å². The topological polar surface area (TPSA) is 66.5 Å². The van der Waals surface area contributed by atoms with Gasteiger partial charge in [0.2, 0.25) is 15.9 Å². The maximum atomic E-state index is 12.6. The fourth-order valence-corrected chi connectivity index (χ4v) is 4.72. The van der Waals surface area contributed by atoms with Crippen LogP contribution in [0.3, 0.4) is 0 Å². The third kappa shape index (κ3) is 6.51. The summed E-state index contributed by atoms with van der Waals surface area (Å²) in [6.45, 7) is 4.41. The summed E-state index contributed by atoms with van der Waals surface area (Å²) in [6, 6.07) is 16.4. The van der Waals surface area contributed by atoms with Crippen LogP contribution in [0.2, 0.25) is 0 Å². The van der Waals surface area contributed by atoms with Gasteiger partial charge in [-0.1, -0.05) is 62.4 Å². The van der Waals surface area contributed by atoms with Crippen LogP contribution >= 0.6 is 11.8 Å². The smallest absolute Gasteiger partial charge is 0.243 e. The fourth-order valence-electron chi connectivity index (χ4n) is 2.61. The minimum absolute atomic E-state index is 0.157. The highest BCUT2D eigenvalue weighted by atomic mass is 32.2. The largest absolute Gasteiger partial charge is 0.325 e. The number of nitrogens with zero attached hydrogens (tertiary/aromatic N) is 1. The predicted molar refractivity (Wildman–Crippen MR) is 118 cm³/mol. The quantitative estimate of drug-likeness (QED) is 0.590. The lowest BCUT2D eigenvalue weighted by Gasteiger charge is -2.18. The lowest BCUT2D eigenvalue weighted by molar-refractivity contribution is -0.113. The van der Waals surface area contributed by atoms with Gasteiger partial charge >= 0.3 is 0 Å². The van der Waals surface area contributed by atoms with Gasteiger partial charge in [0.15, 0.2) is 0 Å². The molecule has 0 heterocycles. The van der Waals surface area contributed by atoms with E-state index in [1.165, 1.54) is 22.1 Å². The van der Waals surface area contributed by atoms with E-state index in [1.807, 2.05) is 42.5 Å². The van der Waals surface area contributed by atoms with Crippen molar-refractivity contribution in [3.05, 3.63) is 66.2 Å². The molecule has 2 rings (SSSR count). The summed E-state index contributed by atoms with van der Waals surface area (Å²) in [6.07, 6.45) is 4.04. The van der Waals surface area contributed by atoms with Gasteiger partial charge in [-0.2, -0.15) is 4.31 Å². The lowest BCUT2D eigenvalue weighted by Crippen LogP contribution is -2.30. The number of hydrogen-bond donors (Lipinski definition) is 1. The molecule has 0 unspecified atom stereocenters. The molecular formula is C21H26N2O3S2. The van der Waals surface area contributed by atoms with Crippen LogP contribution in [-0.2, 0) is 14.8 Å². The van der Waals surface area contributed by atoms with Crippen molar-refractivity contribution >= 4 is 39.5 Å². The first-order valence-corrected chi connectivity index (χ1v) is 11.8. The van der Waals surface area contributed by atoms with Crippen molar-refractivity contribution in [2.45, 2.75) is 18.7 Å². The second-order valence-electron chi connectivity index (χ2n) is 5.99. The van der Waals surface area contributed by atoms with Crippen molar-refractivity contribution in [1.82, 2.24) is 4.31 Å². The maximum Gasteiger partial charge on any atom is 0.243 e. The minimum atomic E-state index is -3.54. The molecule has 0 aliphatic heterocycles. The summed E-state index contributed by atoms with van der Waals surface area (Å²) in [5, 5.41) is 2.77. The number of nitrogens with one attached hydrogen (secondary N) is 1. The molecule has 7 heteroatoms.